The van der Waals surface area contributed by atoms with Gasteiger partial charge in [-0.1, -0.05) is 6.92 Å². The molecule has 1 aromatic heterocycles. The Morgan fingerprint density at radius 1 is 1.56 bits per heavy atom. The van der Waals surface area contributed by atoms with Gasteiger partial charge in [0, 0.05) is 13.6 Å². The first-order valence-electron chi connectivity index (χ1n) is 4.86. The van der Waals surface area contributed by atoms with E-state index in [4.69, 9.17) is 0 Å². The van der Waals surface area contributed by atoms with Crippen LogP contribution in [0.15, 0.2) is 6.07 Å². The first-order chi connectivity index (χ1) is 7.36. The number of hydrogen-bond donors (Lipinski definition) is 2. The second-order valence-corrected chi connectivity index (χ2v) is 3.40. The average molecular weight is 237 g/mol. The van der Waals surface area contributed by atoms with E-state index >= 15 is 0 Å². The van der Waals surface area contributed by atoms with E-state index in [1.165, 1.54) is 7.05 Å². The number of rotatable bonds is 4. The number of nitrogens with one attached hydrogen (secondary N) is 1. The molecule has 1 aromatic rings. The molecular formula is C9H14F3N3O. The number of aromatic nitrogens is 2. The first-order valence-corrected chi connectivity index (χ1v) is 4.86. The van der Waals surface area contributed by atoms with Gasteiger partial charge in [-0.3, -0.25) is 4.68 Å². The SMILES string of the molecule is CCNCC(O)c1cc(C(F)(F)F)nn1C. The Morgan fingerprint density at radius 2 is 2.19 bits per heavy atom. The van der Waals surface area contributed by atoms with Gasteiger partial charge in [0.25, 0.3) is 0 Å². The van der Waals surface area contributed by atoms with Gasteiger partial charge in [0.15, 0.2) is 5.69 Å². The number of aliphatic hydroxyl groups is 1. The van der Waals surface area contributed by atoms with E-state index in [1.807, 2.05) is 6.92 Å². The molecule has 1 atom stereocenters. The Hall–Kier alpha value is -1.08. The predicted molar refractivity (Wildman–Crippen MR) is 51.7 cm³/mol. The molecule has 0 spiro atoms. The number of aryl methyl sites for hydroxylation is 1. The third-order valence-electron chi connectivity index (χ3n) is 2.14. The molecule has 0 fully saturated rings. The molecule has 0 saturated carbocycles. The Morgan fingerprint density at radius 3 is 2.62 bits per heavy atom. The highest BCUT2D eigenvalue weighted by Gasteiger charge is 2.35. The maximum atomic E-state index is 12.3. The van der Waals surface area contributed by atoms with Gasteiger partial charge in [0.2, 0.25) is 0 Å². The average Bonchev–Trinajstić information content (AvgIpc) is 2.56. The van der Waals surface area contributed by atoms with Crippen molar-refractivity contribution in [1.82, 2.24) is 15.1 Å². The zero-order valence-electron chi connectivity index (χ0n) is 9.04. The molecule has 92 valence electrons. The maximum absolute atomic E-state index is 12.3. The number of halogens is 3. The van der Waals surface area contributed by atoms with Crippen LogP contribution in [0.4, 0.5) is 13.2 Å². The van der Waals surface area contributed by atoms with E-state index in [0.29, 0.717) is 6.54 Å². The summed E-state index contributed by atoms with van der Waals surface area (Å²) >= 11 is 0. The van der Waals surface area contributed by atoms with Crippen molar-refractivity contribution in [3.8, 4) is 0 Å². The van der Waals surface area contributed by atoms with E-state index < -0.39 is 18.0 Å². The molecular weight excluding hydrogens is 223 g/mol. The Labute approximate surface area is 91.1 Å². The summed E-state index contributed by atoms with van der Waals surface area (Å²) in [4.78, 5) is 0. The molecule has 2 N–H and O–H groups in total. The maximum Gasteiger partial charge on any atom is 0.435 e. The van der Waals surface area contributed by atoms with Crippen LogP contribution in [-0.2, 0) is 13.2 Å². The quantitative estimate of drug-likeness (QED) is 0.824. The van der Waals surface area contributed by atoms with Crippen LogP contribution in [0.5, 0.6) is 0 Å². The van der Waals surface area contributed by atoms with Crippen molar-refractivity contribution < 1.29 is 18.3 Å². The van der Waals surface area contributed by atoms with Crippen LogP contribution in [0, 0.1) is 0 Å². The van der Waals surface area contributed by atoms with Crippen LogP contribution >= 0.6 is 0 Å². The van der Waals surface area contributed by atoms with Crippen LogP contribution in [0.3, 0.4) is 0 Å². The lowest BCUT2D eigenvalue weighted by Crippen LogP contribution is -2.22. The smallest absolute Gasteiger partial charge is 0.385 e. The van der Waals surface area contributed by atoms with Gasteiger partial charge < -0.3 is 10.4 Å². The molecule has 0 aliphatic carbocycles. The van der Waals surface area contributed by atoms with Crippen LogP contribution < -0.4 is 5.32 Å². The van der Waals surface area contributed by atoms with Gasteiger partial charge in [-0.05, 0) is 12.6 Å². The van der Waals surface area contributed by atoms with E-state index in [-0.39, 0.29) is 12.2 Å². The molecule has 16 heavy (non-hydrogen) atoms. The van der Waals surface area contributed by atoms with E-state index in [0.717, 1.165) is 10.7 Å². The Kier molecular flexibility index (Phi) is 3.93. The minimum absolute atomic E-state index is 0.147. The molecule has 0 aliphatic heterocycles. The molecule has 0 radical (unpaired) electrons. The minimum Gasteiger partial charge on any atom is -0.385 e. The lowest BCUT2D eigenvalue weighted by atomic mass is 10.2. The van der Waals surface area contributed by atoms with Crippen molar-refractivity contribution in [2.24, 2.45) is 7.05 Å². The first kappa shape index (κ1) is 13.0. The second-order valence-electron chi connectivity index (χ2n) is 3.40. The number of likely N-dealkylation sites (N-methyl/N-ethyl adjacent to an activating group) is 1. The summed E-state index contributed by atoms with van der Waals surface area (Å²) in [5, 5.41) is 15.8. The Bertz CT molecular complexity index is 348. The van der Waals surface area contributed by atoms with Crippen LogP contribution in [0.2, 0.25) is 0 Å². The highest BCUT2D eigenvalue weighted by Crippen LogP contribution is 2.29. The zero-order valence-corrected chi connectivity index (χ0v) is 9.04. The highest BCUT2D eigenvalue weighted by molar-refractivity contribution is 5.15. The molecule has 7 heteroatoms. The lowest BCUT2D eigenvalue weighted by Gasteiger charge is -2.10. The molecule has 0 aliphatic rings. The number of hydrogen-bond acceptors (Lipinski definition) is 3. The zero-order chi connectivity index (χ0) is 12.3. The summed E-state index contributed by atoms with van der Waals surface area (Å²) < 4.78 is 38.0. The van der Waals surface area contributed by atoms with Gasteiger partial charge in [0.1, 0.15) is 6.10 Å². The largest absolute Gasteiger partial charge is 0.435 e. The van der Waals surface area contributed by atoms with E-state index in [1.54, 1.807) is 0 Å². The van der Waals surface area contributed by atoms with Crippen molar-refractivity contribution >= 4 is 0 Å². The highest BCUT2D eigenvalue weighted by atomic mass is 19.4. The van der Waals surface area contributed by atoms with Gasteiger partial charge in [-0.15, -0.1) is 0 Å². The van der Waals surface area contributed by atoms with Crippen molar-refractivity contribution in [3.05, 3.63) is 17.5 Å². The van der Waals surface area contributed by atoms with Gasteiger partial charge in [0.05, 0.1) is 5.69 Å². The fraction of sp³-hybridized carbons (Fsp3) is 0.667. The second kappa shape index (κ2) is 4.84. The normalized spacial score (nSPS) is 14.1. The summed E-state index contributed by atoms with van der Waals surface area (Å²) in [6.45, 7) is 2.69. The monoisotopic (exact) mass is 237 g/mol. The molecule has 0 aromatic carbocycles. The summed E-state index contributed by atoms with van der Waals surface area (Å²) in [6, 6.07) is 0.863. The molecule has 0 amide bonds. The summed E-state index contributed by atoms with van der Waals surface area (Å²) in [5.74, 6) is 0. The van der Waals surface area contributed by atoms with Gasteiger partial charge >= 0.3 is 6.18 Å². The third kappa shape index (κ3) is 2.96. The minimum atomic E-state index is -4.48. The molecule has 0 bridgehead atoms. The fourth-order valence-electron chi connectivity index (χ4n) is 1.32. The summed E-state index contributed by atoms with van der Waals surface area (Å²) in [7, 11) is 1.37. The van der Waals surface area contributed by atoms with E-state index in [9.17, 15) is 18.3 Å². The lowest BCUT2D eigenvalue weighted by molar-refractivity contribution is -0.141. The fourth-order valence-corrected chi connectivity index (χ4v) is 1.32. The standard InChI is InChI=1S/C9H14F3N3O/c1-3-13-5-7(16)6-4-8(9(10,11)12)14-15(6)2/h4,7,13,16H,3,5H2,1-2H3. The molecule has 1 heterocycles. The number of alkyl halides is 3. The topological polar surface area (TPSA) is 50.1 Å². The van der Waals surface area contributed by atoms with Crippen LogP contribution in [0.1, 0.15) is 24.4 Å². The molecule has 0 saturated heterocycles. The van der Waals surface area contributed by atoms with Crippen molar-refractivity contribution in [2.45, 2.75) is 19.2 Å². The van der Waals surface area contributed by atoms with Crippen molar-refractivity contribution in [1.29, 1.82) is 0 Å². The van der Waals surface area contributed by atoms with Gasteiger partial charge in [-0.2, -0.15) is 18.3 Å². The summed E-state index contributed by atoms with van der Waals surface area (Å²) in [5.41, 5.74) is -0.839. The van der Waals surface area contributed by atoms with Gasteiger partial charge in [-0.25, -0.2) is 0 Å². The van der Waals surface area contributed by atoms with Crippen molar-refractivity contribution in [3.63, 3.8) is 0 Å². The predicted octanol–water partition coefficient (Wildman–Crippen LogP) is 1.08. The number of nitrogens with zero attached hydrogens (tertiary/aromatic N) is 2. The van der Waals surface area contributed by atoms with Crippen LogP contribution in [0.25, 0.3) is 0 Å². The molecule has 1 unspecified atom stereocenters. The molecule has 1 rings (SSSR count). The number of aliphatic hydroxyl groups excluding tert-OH is 1. The van der Waals surface area contributed by atoms with Crippen molar-refractivity contribution in [2.75, 3.05) is 13.1 Å². The summed E-state index contributed by atoms with van der Waals surface area (Å²) in [6.07, 6.45) is -5.47. The third-order valence-corrected chi connectivity index (χ3v) is 2.14. The molecule has 4 nitrogen and oxygen atoms in total. The van der Waals surface area contributed by atoms with Crippen LogP contribution in [-0.4, -0.2) is 28.0 Å². The Balaban J connectivity index is 2.85. The van der Waals surface area contributed by atoms with E-state index in [2.05, 4.69) is 10.4 Å².